The highest BCUT2D eigenvalue weighted by Gasteiger charge is 2.25. The summed E-state index contributed by atoms with van der Waals surface area (Å²) in [6.07, 6.45) is -0.0342. The van der Waals surface area contributed by atoms with Crippen LogP contribution in [-0.4, -0.2) is 37.4 Å². The number of ether oxygens (including phenoxy) is 2. The maximum Gasteiger partial charge on any atom is 0.308 e. The third-order valence-corrected chi connectivity index (χ3v) is 4.41. The van der Waals surface area contributed by atoms with E-state index in [0.717, 1.165) is 5.39 Å². The van der Waals surface area contributed by atoms with Crippen LogP contribution in [0.3, 0.4) is 0 Å². The summed E-state index contributed by atoms with van der Waals surface area (Å²) in [7, 11) is 0. The van der Waals surface area contributed by atoms with E-state index in [1.165, 1.54) is 4.90 Å². The Hall–Kier alpha value is -3.61. The van der Waals surface area contributed by atoms with Crippen molar-refractivity contribution in [3.05, 3.63) is 60.4 Å². The number of anilines is 1. The molecule has 4 rings (SSSR count). The molecule has 0 fully saturated rings. The summed E-state index contributed by atoms with van der Waals surface area (Å²) in [5.41, 5.74) is 1.21. The van der Waals surface area contributed by atoms with Crippen LogP contribution in [0.4, 0.5) is 5.69 Å². The lowest BCUT2D eigenvalue weighted by Crippen LogP contribution is -2.40. The molecule has 2 aromatic carbocycles. The zero-order valence-electron chi connectivity index (χ0n) is 14.9. The van der Waals surface area contributed by atoms with Gasteiger partial charge in [-0.25, -0.2) is 0 Å². The van der Waals surface area contributed by atoms with Crippen LogP contribution in [0.1, 0.15) is 17.0 Å². The number of hydrogen-bond donors (Lipinski definition) is 0. The Bertz CT molecular complexity index is 1020. The maximum atomic E-state index is 12.2. The van der Waals surface area contributed by atoms with Crippen LogP contribution in [0.15, 0.2) is 59.0 Å². The lowest BCUT2D eigenvalue weighted by atomic mass is 10.2. The van der Waals surface area contributed by atoms with Crippen LogP contribution in [-0.2, 0) is 14.3 Å². The fourth-order valence-electron chi connectivity index (χ4n) is 3.01. The number of amides is 1. The van der Waals surface area contributed by atoms with Gasteiger partial charge in [-0.1, -0.05) is 30.3 Å². The van der Waals surface area contributed by atoms with Gasteiger partial charge >= 0.3 is 5.97 Å². The molecule has 1 aromatic heterocycles. The normalized spacial score (nSPS) is 13.1. The second-order valence-corrected chi connectivity index (χ2v) is 6.28. The van der Waals surface area contributed by atoms with Crippen molar-refractivity contribution in [3.8, 4) is 5.75 Å². The number of hydrogen-bond acceptors (Lipinski definition) is 6. The van der Waals surface area contributed by atoms with Crippen LogP contribution in [0.5, 0.6) is 5.75 Å². The van der Waals surface area contributed by atoms with Crippen molar-refractivity contribution in [2.75, 3.05) is 24.7 Å². The van der Waals surface area contributed by atoms with E-state index in [2.05, 4.69) is 0 Å². The number of carbonyl (C=O) groups is 3. The number of esters is 1. The SMILES string of the molecule is O=C(CCN1C(=O)COc2ccccc21)OCC(=O)c1cc2ccccc2o1. The molecule has 1 aliphatic heterocycles. The minimum absolute atomic E-state index is 0.0342. The van der Waals surface area contributed by atoms with Gasteiger partial charge in [-0.3, -0.25) is 14.4 Å². The van der Waals surface area contributed by atoms with E-state index in [4.69, 9.17) is 13.9 Å². The van der Waals surface area contributed by atoms with Gasteiger partial charge in [0, 0.05) is 11.9 Å². The molecule has 0 spiro atoms. The summed E-state index contributed by atoms with van der Waals surface area (Å²) >= 11 is 0. The average Bonchev–Trinajstić information content (AvgIpc) is 3.15. The van der Waals surface area contributed by atoms with E-state index in [1.54, 1.807) is 30.3 Å². The van der Waals surface area contributed by atoms with Crippen molar-refractivity contribution in [2.45, 2.75) is 6.42 Å². The molecule has 0 bridgehead atoms. The van der Waals surface area contributed by atoms with E-state index in [9.17, 15) is 14.4 Å². The number of furan rings is 1. The van der Waals surface area contributed by atoms with Gasteiger partial charge in [-0.15, -0.1) is 0 Å². The molecule has 0 atom stereocenters. The van der Waals surface area contributed by atoms with Gasteiger partial charge < -0.3 is 18.8 Å². The molecular formula is C21H17NO6. The first-order valence-corrected chi connectivity index (χ1v) is 8.81. The van der Waals surface area contributed by atoms with Crippen LogP contribution in [0.25, 0.3) is 11.0 Å². The van der Waals surface area contributed by atoms with Gasteiger partial charge in [0.05, 0.1) is 12.1 Å². The second kappa shape index (κ2) is 7.56. The molecule has 2 heterocycles. The number of carbonyl (C=O) groups excluding carboxylic acids is 3. The molecule has 28 heavy (non-hydrogen) atoms. The summed E-state index contributed by atoms with van der Waals surface area (Å²) in [6.45, 7) is -0.334. The highest BCUT2D eigenvalue weighted by Crippen LogP contribution is 2.31. The van der Waals surface area contributed by atoms with Gasteiger partial charge in [-0.2, -0.15) is 0 Å². The Balaban J connectivity index is 1.32. The smallest absolute Gasteiger partial charge is 0.308 e. The Morgan fingerprint density at radius 1 is 1.07 bits per heavy atom. The number of benzene rings is 2. The highest BCUT2D eigenvalue weighted by atomic mass is 16.5. The van der Waals surface area contributed by atoms with E-state index >= 15 is 0 Å². The van der Waals surface area contributed by atoms with Crippen molar-refractivity contribution < 1.29 is 28.3 Å². The van der Waals surface area contributed by atoms with Crippen LogP contribution in [0.2, 0.25) is 0 Å². The van der Waals surface area contributed by atoms with Gasteiger partial charge in [0.25, 0.3) is 5.91 Å². The van der Waals surface area contributed by atoms with Crippen molar-refractivity contribution in [1.82, 2.24) is 0 Å². The van der Waals surface area contributed by atoms with Crippen LogP contribution < -0.4 is 9.64 Å². The minimum Gasteiger partial charge on any atom is -0.482 e. The van der Waals surface area contributed by atoms with Crippen LogP contribution in [0, 0.1) is 0 Å². The minimum atomic E-state index is -0.568. The third kappa shape index (κ3) is 3.59. The molecule has 142 valence electrons. The summed E-state index contributed by atoms with van der Waals surface area (Å²) in [5.74, 6) is -0.481. The van der Waals surface area contributed by atoms with Gasteiger partial charge in [0.1, 0.15) is 11.3 Å². The zero-order chi connectivity index (χ0) is 19.5. The maximum absolute atomic E-state index is 12.2. The van der Waals surface area contributed by atoms with Crippen molar-refractivity contribution in [2.24, 2.45) is 0 Å². The molecule has 0 saturated heterocycles. The fourth-order valence-corrected chi connectivity index (χ4v) is 3.01. The standard InChI is InChI=1S/C21H17NO6/c23-16(19-11-14-5-1-3-7-17(14)28-19)12-27-21(25)9-10-22-15-6-2-4-8-18(15)26-13-20(22)24/h1-8,11H,9-10,12-13H2. The summed E-state index contributed by atoms with van der Waals surface area (Å²) in [4.78, 5) is 37.8. The molecule has 0 unspecified atom stereocenters. The molecule has 3 aromatic rings. The lowest BCUT2D eigenvalue weighted by Gasteiger charge is -2.28. The molecular weight excluding hydrogens is 362 g/mol. The summed E-state index contributed by atoms with van der Waals surface area (Å²) in [5, 5.41) is 0.807. The molecule has 1 aliphatic rings. The Morgan fingerprint density at radius 3 is 2.71 bits per heavy atom. The number of rotatable bonds is 6. The Morgan fingerprint density at radius 2 is 1.86 bits per heavy atom. The van der Waals surface area contributed by atoms with Crippen molar-refractivity contribution in [3.63, 3.8) is 0 Å². The molecule has 1 amide bonds. The van der Waals surface area contributed by atoms with E-state index in [0.29, 0.717) is 17.0 Å². The topological polar surface area (TPSA) is 86.0 Å². The molecule has 7 nitrogen and oxygen atoms in total. The quantitative estimate of drug-likeness (QED) is 0.483. The molecule has 0 aliphatic carbocycles. The highest BCUT2D eigenvalue weighted by molar-refractivity contribution is 5.99. The Kier molecular flexibility index (Phi) is 4.80. The fraction of sp³-hybridized carbons (Fsp3) is 0.190. The summed E-state index contributed by atoms with van der Waals surface area (Å²) < 4.78 is 15.9. The number of Topliss-reactive ketones (excluding diaryl/α,β-unsaturated/α-hetero) is 1. The van der Waals surface area contributed by atoms with Gasteiger partial charge in [0.15, 0.2) is 19.0 Å². The predicted molar refractivity (Wildman–Crippen MR) is 100 cm³/mol. The summed E-state index contributed by atoms with van der Waals surface area (Å²) in [6, 6.07) is 16.0. The third-order valence-electron chi connectivity index (χ3n) is 4.41. The van der Waals surface area contributed by atoms with Crippen LogP contribution >= 0.6 is 0 Å². The van der Waals surface area contributed by atoms with Crippen molar-refractivity contribution in [1.29, 1.82) is 0 Å². The average molecular weight is 379 g/mol. The van der Waals surface area contributed by atoms with E-state index in [-0.39, 0.29) is 31.2 Å². The lowest BCUT2D eigenvalue weighted by molar-refractivity contribution is -0.142. The largest absolute Gasteiger partial charge is 0.482 e. The van der Waals surface area contributed by atoms with E-state index < -0.39 is 18.4 Å². The first kappa shape index (κ1) is 17.8. The second-order valence-electron chi connectivity index (χ2n) is 6.28. The zero-order valence-corrected chi connectivity index (χ0v) is 14.9. The number of fused-ring (bicyclic) bond motifs is 2. The first-order valence-electron chi connectivity index (χ1n) is 8.81. The van der Waals surface area contributed by atoms with Gasteiger partial charge in [-0.05, 0) is 24.3 Å². The van der Waals surface area contributed by atoms with Gasteiger partial charge in [0.2, 0.25) is 5.78 Å². The molecule has 0 saturated carbocycles. The predicted octanol–water partition coefficient (Wildman–Crippen LogP) is 2.97. The number of para-hydroxylation sites is 3. The number of nitrogens with zero attached hydrogens (tertiary/aromatic N) is 1. The first-order chi connectivity index (χ1) is 13.6. The molecule has 7 heteroatoms. The number of ketones is 1. The molecule has 0 N–H and O–H groups in total. The monoisotopic (exact) mass is 379 g/mol. The van der Waals surface area contributed by atoms with Crippen molar-refractivity contribution >= 4 is 34.3 Å². The molecule has 0 radical (unpaired) electrons. The Labute approximate surface area is 160 Å². The van der Waals surface area contributed by atoms with E-state index in [1.807, 2.05) is 24.3 Å².